The summed E-state index contributed by atoms with van der Waals surface area (Å²) in [5, 5.41) is 0. The Morgan fingerprint density at radius 2 is 1.76 bits per heavy atom. The normalized spacial score (nSPS) is 18.6. The van der Waals surface area contributed by atoms with Crippen LogP contribution in [0, 0.1) is 0 Å². The van der Waals surface area contributed by atoms with E-state index < -0.39 is 11.7 Å². The highest BCUT2D eigenvalue weighted by Crippen LogP contribution is 2.39. The lowest BCUT2D eigenvalue weighted by Crippen LogP contribution is -2.45. The second kappa shape index (κ2) is 10.5. The highest BCUT2D eigenvalue weighted by molar-refractivity contribution is 5.92. The lowest BCUT2D eigenvalue weighted by atomic mass is 10.0. The number of anilines is 1. The molecule has 9 heteroatoms. The number of nitrogens with zero attached hydrogens (tertiary/aromatic N) is 4. The predicted octanol–water partition coefficient (Wildman–Crippen LogP) is 6.12. The van der Waals surface area contributed by atoms with Crippen LogP contribution < -0.4 is 9.64 Å². The summed E-state index contributed by atoms with van der Waals surface area (Å²) in [5.41, 5.74) is 3.90. The maximum Gasteiger partial charge on any atom is 0.419 e. The van der Waals surface area contributed by atoms with Crippen molar-refractivity contribution in [3.05, 3.63) is 60.3 Å². The summed E-state index contributed by atoms with van der Waals surface area (Å²) >= 11 is 0. The number of hydrogen-bond donors (Lipinski definition) is 0. The first-order chi connectivity index (χ1) is 18.1. The molecule has 0 radical (unpaired) electrons. The average molecular weight is 527 g/mol. The SMILES string of the molecule is C[C@@H]1CN(c2cccc3nc4ccc(-c5ccc(OCCCN(C)C)c(C(F)(F)F)c5)cn4c23)C[C@H](C)O1. The largest absolute Gasteiger partial charge is 0.493 e. The molecule has 2 atom stereocenters. The highest BCUT2D eigenvalue weighted by atomic mass is 19.4. The topological polar surface area (TPSA) is 42.2 Å². The molecule has 0 bridgehead atoms. The molecule has 1 aliphatic heterocycles. The molecule has 0 N–H and O–H groups in total. The summed E-state index contributed by atoms with van der Waals surface area (Å²) in [6, 6.07) is 14.0. The molecule has 1 aliphatic rings. The summed E-state index contributed by atoms with van der Waals surface area (Å²) in [6.07, 6.45) is -1.84. The third kappa shape index (κ3) is 5.44. The first-order valence-electron chi connectivity index (χ1n) is 12.9. The molecule has 6 nitrogen and oxygen atoms in total. The molecule has 0 unspecified atom stereocenters. The zero-order chi connectivity index (χ0) is 27.0. The van der Waals surface area contributed by atoms with Crippen molar-refractivity contribution < 1.29 is 22.6 Å². The van der Waals surface area contributed by atoms with Crippen molar-refractivity contribution >= 4 is 22.4 Å². The Morgan fingerprint density at radius 1 is 1.03 bits per heavy atom. The minimum Gasteiger partial charge on any atom is -0.493 e. The van der Waals surface area contributed by atoms with Crippen LogP contribution in [-0.2, 0) is 10.9 Å². The van der Waals surface area contributed by atoms with E-state index in [1.54, 1.807) is 6.07 Å². The van der Waals surface area contributed by atoms with E-state index >= 15 is 0 Å². The van der Waals surface area contributed by atoms with Crippen molar-refractivity contribution in [2.45, 2.75) is 38.7 Å². The molecule has 0 aliphatic carbocycles. The minimum absolute atomic E-state index is 0.0909. The number of halogens is 3. The number of para-hydroxylation sites is 1. The van der Waals surface area contributed by atoms with E-state index in [1.165, 1.54) is 12.1 Å². The standard InChI is InChI=1S/C29H33F3N4O2/c1-19-16-35(17-20(2)38-19)25-8-5-7-24-28(25)36-18-22(10-12-27(36)33-24)21-9-11-26(23(15-21)29(30,31)32)37-14-6-13-34(3)4/h5,7-12,15,18-20H,6,13-14,16-17H2,1-4H3/t19-,20+. The molecule has 0 amide bonds. The quantitative estimate of drug-likeness (QED) is 0.272. The number of aromatic nitrogens is 2. The molecule has 1 saturated heterocycles. The van der Waals surface area contributed by atoms with Gasteiger partial charge < -0.3 is 19.3 Å². The van der Waals surface area contributed by atoms with Gasteiger partial charge in [-0.1, -0.05) is 12.1 Å². The Labute approximate surface area is 220 Å². The summed E-state index contributed by atoms with van der Waals surface area (Å²) in [6.45, 7) is 6.58. The van der Waals surface area contributed by atoms with Gasteiger partial charge in [0.2, 0.25) is 0 Å². The van der Waals surface area contributed by atoms with Crippen LogP contribution in [0.15, 0.2) is 54.7 Å². The average Bonchev–Trinajstić information content (AvgIpc) is 3.23. The van der Waals surface area contributed by atoms with Crippen LogP contribution in [0.2, 0.25) is 0 Å². The van der Waals surface area contributed by atoms with Gasteiger partial charge in [0.15, 0.2) is 0 Å². The lowest BCUT2D eigenvalue weighted by molar-refractivity contribution is -0.138. The number of ether oxygens (including phenoxy) is 2. The molecule has 38 heavy (non-hydrogen) atoms. The van der Waals surface area contributed by atoms with Crippen molar-refractivity contribution in [2.75, 3.05) is 45.2 Å². The summed E-state index contributed by atoms with van der Waals surface area (Å²) in [7, 11) is 3.84. The molecule has 3 heterocycles. The van der Waals surface area contributed by atoms with Gasteiger partial charge in [0.05, 0.1) is 41.1 Å². The molecule has 0 spiro atoms. The van der Waals surface area contributed by atoms with Crippen molar-refractivity contribution in [3.63, 3.8) is 0 Å². The molecular weight excluding hydrogens is 493 g/mol. The number of benzene rings is 2. The van der Waals surface area contributed by atoms with Gasteiger partial charge in [-0.25, -0.2) is 4.98 Å². The molecule has 2 aromatic heterocycles. The van der Waals surface area contributed by atoms with Crippen molar-refractivity contribution in [1.29, 1.82) is 0 Å². The third-order valence-corrected chi connectivity index (χ3v) is 6.78. The van der Waals surface area contributed by atoms with Crippen LogP contribution in [0.25, 0.3) is 27.8 Å². The van der Waals surface area contributed by atoms with Crippen LogP contribution in [0.5, 0.6) is 5.75 Å². The fourth-order valence-electron chi connectivity index (χ4n) is 5.16. The van der Waals surface area contributed by atoms with Gasteiger partial charge in [-0.05, 0) is 81.9 Å². The maximum atomic E-state index is 14.0. The number of hydrogen-bond acceptors (Lipinski definition) is 5. The number of pyridine rings is 1. The number of imidazole rings is 1. The van der Waals surface area contributed by atoms with E-state index in [0.29, 0.717) is 17.5 Å². The van der Waals surface area contributed by atoms with Crippen LogP contribution in [0.1, 0.15) is 25.8 Å². The van der Waals surface area contributed by atoms with Crippen LogP contribution in [0.4, 0.5) is 18.9 Å². The third-order valence-electron chi connectivity index (χ3n) is 6.78. The number of morpholine rings is 1. The molecule has 5 rings (SSSR count). The van der Waals surface area contributed by atoms with E-state index in [4.69, 9.17) is 14.5 Å². The predicted molar refractivity (Wildman–Crippen MR) is 144 cm³/mol. The summed E-state index contributed by atoms with van der Waals surface area (Å²) < 4.78 is 55.4. The summed E-state index contributed by atoms with van der Waals surface area (Å²) in [5.74, 6) is -0.146. The van der Waals surface area contributed by atoms with Gasteiger partial charge in [-0.2, -0.15) is 13.2 Å². The Kier molecular flexibility index (Phi) is 7.24. The monoisotopic (exact) mass is 526 g/mol. The van der Waals surface area contributed by atoms with Gasteiger partial charge in [-0.3, -0.25) is 4.40 Å². The van der Waals surface area contributed by atoms with E-state index in [9.17, 15) is 13.2 Å². The van der Waals surface area contributed by atoms with Gasteiger partial charge in [-0.15, -0.1) is 0 Å². The molecule has 1 fully saturated rings. The highest BCUT2D eigenvalue weighted by Gasteiger charge is 2.35. The van der Waals surface area contributed by atoms with Gasteiger partial charge in [0.25, 0.3) is 0 Å². The Bertz CT molecular complexity index is 1420. The molecule has 202 valence electrons. The first-order valence-corrected chi connectivity index (χ1v) is 12.9. The fraction of sp³-hybridized carbons (Fsp3) is 0.414. The second-order valence-electron chi connectivity index (χ2n) is 10.3. The first kappa shape index (κ1) is 26.3. The molecule has 0 saturated carbocycles. The van der Waals surface area contributed by atoms with Gasteiger partial charge in [0.1, 0.15) is 11.4 Å². The van der Waals surface area contributed by atoms with Gasteiger partial charge >= 0.3 is 6.18 Å². The minimum atomic E-state index is -4.53. The lowest BCUT2D eigenvalue weighted by Gasteiger charge is -2.37. The number of fused-ring (bicyclic) bond motifs is 3. The Hall–Kier alpha value is -3.30. The van der Waals surface area contributed by atoms with Crippen LogP contribution >= 0.6 is 0 Å². The smallest absolute Gasteiger partial charge is 0.419 e. The molecular formula is C29H33F3N4O2. The van der Waals surface area contributed by atoms with E-state index in [1.807, 2.05) is 53.9 Å². The van der Waals surface area contributed by atoms with Crippen molar-refractivity contribution in [2.24, 2.45) is 0 Å². The van der Waals surface area contributed by atoms with Crippen molar-refractivity contribution in [3.8, 4) is 16.9 Å². The Balaban J connectivity index is 1.53. The Morgan fingerprint density at radius 3 is 2.47 bits per heavy atom. The fourth-order valence-corrected chi connectivity index (χ4v) is 5.16. The second-order valence-corrected chi connectivity index (χ2v) is 10.3. The molecule has 4 aromatic rings. The van der Waals surface area contributed by atoms with Gasteiger partial charge in [0, 0.05) is 25.8 Å². The van der Waals surface area contributed by atoms with Crippen LogP contribution in [-0.4, -0.2) is 66.8 Å². The molecule has 2 aromatic carbocycles. The zero-order valence-corrected chi connectivity index (χ0v) is 22.1. The van der Waals surface area contributed by atoms with E-state index in [2.05, 4.69) is 24.8 Å². The maximum absolute atomic E-state index is 14.0. The van der Waals surface area contributed by atoms with E-state index in [-0.39, 0.29) is 24.6 Å². The number of rotatable bonds is 7. The van der Waals surface area contributed by atoms with Crippen molar-refractivity contribution in [1.82, 2.24) is 14.3 Å². The van der Waals surface area contributed by atoms with E-state index in [0.717, 1.165) is 42.0 Å². The zero-order valence-electron chi connectivity index (χ0n) is 22.1. The van der Waals surface area contributed by atoms with Crippen LogP contribution in [0.3, 0.4) is 0 Å². The number of alkyl halides is 3. The summed E-state index contributed by atoms with van der Waals surface area (Å²) in [4.78, 5) is 9.04.